The fourth-order valence-electron chi connectivity index (χ4n) is 2.93. The topological polar surface area (TPSA) is 72.6 Å². The number of amides is 1. The number of carbonyl (C=O) groups is 1. The van der Waals surface area contributed by atoms with E-state index in [0.29, 0.717) is 37.7 Å². The molecule has 0 saturated heterocycles. The molecule has 31 heavy (non-hydrogen) atoms. The molecule has 0 aliphatic carbocycles. The second-order valence-corrected chi connectivity index (χ2v) is 6.80. The van der Waals surface area contributed by atoms with Crippen LogP contribution in [0.2, 0.25) is 0 Å². The first-order chi connectivity index (χ1) is 14.9. The van der Waals surface area contributed by atoms with Crippen molar-refractivity contribution < 1.29 is 32.2 Å². The molecule has 6 nitrogen and oxygen atoms in total. The van der Waals surface area contributed by atoms with Gasteiger partial charge in [0.15, 0.2) is 0 Å². The summed E-state index contributed by atoms with van der Waals surface area (Å²) in [7, 11) is 1.55. The molecule has 166 valence electrons. The second-order valence-electron chi connectivity index (χ2n) is 6.80. The van der Waals surface area contributed by atoms with Crippen molar-refractivity contribution in [3.05, 3.63) is 59.8 Å². The fraction of sp³-hybridized carbons (Fsp3) is 0.318. The highest BCUT2D eigenvalue weighted by molar-refractivity contribution is 6.02. The zero-order valence-electron chi connectivity index (χ0n) is 16.9. The lowest BCUT2D eigenvalue weighted by Crippen LogP contribution is -2.19. The van der Waals surface area contributed by atoms with Crippen molar-refractivity contribution in [1.29, 1.82) is 0 Å². The van der Waals surface area contributed by atoms with Crippen LogP contribution >= 0.6 is 0 Å². The van der Waals surface area contributed by atoms with Crippen LogP contribution in [0.3, 0.4) is 0 Å². The van der Waals surface area contributed by atoms with E-state index in [2.05, 4.69) is 10.3 Å². The van der Waals surface area contributed by atoms with Crippen LogP contribution in [0, 0.1) is 0 Å². The number of hydrogen-bond acceptors (Lipinski definition) is 4. The minimum absolute atomic E-state index is 0.0840. The molecule has 0 atom stereocenters. The van der Waals surface area contributed by atoms with Crippen LogP contribution in [-0.2, 0) is 26.9 Å². The van der Waals surface area contributed by atoms with Gasteiger partial charge < -0.3 is 24.5 Å². The molecule has 1 heterocycles. The lowest BCUT2D eigenvalue weighted by atomic mass is 10.1. The van der Waals surface area contributed by atoms with Crippen molar-refractivity contribution in [2.24, 2.45) is 0 Å². The van der Waals surface area contributed by atoms with Crippen LogP contribution in [0.4, 0.5) is 18.9 Å². The van der Waals surface area contributed by atoms with Gasteiger partial charge in [-0.3, -0.25) is 4.79 Å². The van der Waals surface area contributed by atoms with Crippen LogP contribution in [0.1, 0.15) is 11.1 Å². The van der Waals surface area contributed by atoms with E-state index >= 15 is 0 Å². The van der Waals surface area contributed by atoms with Crippen LogP contribution in [0.25, 0.3) is 10.9 Å². The maximum atomic E-state index is 12.6. The van der Waals surface area contributed by atoms with E-state index in [1.54, 1.807) is 25.4 Å². The minimum Gasteiger partial charge on any atom is -0.493 e. The predicted molar refractivity (Wildman–Crippen MR) is 110 cm³/mol. The molecule has 0 fully saturated rings. The molecular weight excluding hydrogens is 413 g/mol. The SMILES string of the molecule is COCCOCC(=O)Nc1c[nH]c2ccc(OCCc3ccc(C(F)(F)F)cc3)cc12. The van der Waals surface area contributed by atoms with Gasteiger partial charge in [-0.1, -0.05) is 12.1 Å². The molecule has 1 aromatic heterocycles. The smallest absolute Gasteiger partial charge is 0.416 e. The Labute approximate surface area is 177 Å². The van der Waals surface area contributed by atoms with Crippen molar-refractivity contribution in [3.63, 3.8) is 0 Å². The van der Waals surface area contributed by atoms with E-state index in [0.717, 1.165) is 28.6 Å². The summed E-state index contributed by atoms with van der Waals surface area (Å²) in [6.45, 7) is 0.956. The molecule has 0 bridgehead atoms. The first-order valence-electron chi connectivity index (χ1n) is 9.63. The normalized spacial score (nSPS) is 11.6. The number of alkyl halides is 3. The minimum atomic E-state index is -4.34. The molecule has 3 rings (SSSR count). The van der Waals surface area contributed by atoms with E-state index in [9.17, 15) is 18.0 Å². The Bertz CT molecular complexity index is 1000. The highest BCUT2D eigenvalue weighted by atomic mass is 19.4. The maximum absolute atomic E-state index is 12.6. The second kappa shape index (κ2) is 10.3. The summed E-state index contributed by atoms with van der Waals surface area (Å²) >= 11 is 0. The molecule has 0 saturated carbocycles. The molecule has 0 radical (unpaired) electrons. The zero-order valence-corrected chi connectivity index (χ0v) is 16.9. The standard InChI is InChI=1S/C22H23F3N2O4/c1-29-10-11-30-14-21(28)27-20-13-26-19-7-6-17(12-18(19)20)31-9-8-15-2-4-16(5-3-15)22(23,24)25/h2-7,12-13,26H,8-11,14H2,1H3,(H,27,28). The molecule has 0 spiro atoms. The van der Waals surface area contributed by atoms with Gasteiger partial charge in [-0.15, -0.1) is 0 Å². The third-order valence-electron chi connectivity index (χ3n) is 4.53. The van der Waals surface area contributed by atoms with E-state index in [-0.39, 0.29) is 12.5 Å². The van der Waals surface area contributed by atoms with Crippen molar-refractivity contribution in [3.8, 4) is 5.75 Å². The average molecular weight is 436 g/mol. The van der Waals surface area contributed by atoms with E-state index in [1.807, 2.05) is 6.07 Å². The van der Waals surface area contributed by atoms with Gasteiger partial charge in [0.25, 0.3) is 0 Å². The Morgan fingerprint density at radius 1 is 1.06 bits per heavy atom. The van der Waals surface area contributed by atoms with Crippen LogP contribution in [-0.4, -0.2) is 44.4 Å². The zero-order chi connectivity index (χ0) is 22.3. The first kappa shape index (κ1) is 22.6. The van der Waals surface area contributed by atoms with Crippen LogP contribution < -0.4 is 10.1 Å². The van der Waals surface area contributed by atoms with Gasteiger partial charge in [0.2, 0.25) is 5.91 Å². The van der Waals surface area contributed by atoms with E-state index in [1.165, 1.54) is 12.1 Å². The quantitative estimate of drug-likeness (QED) is 0.462. The number of anilines is 1. The van der Waals surface area contributed by atoms with Crippen LogP contribution in [0.15, 0.2) is 48.7 Å². The highest BCUT2D eigenvalue weighted by Gasteiger charge is 2.29. The molecule has 3 aromatic rings. The Kier molecular flexibility index (Phi) is 7.54. The summed E-state index contributed by atoms with van der Waals surface area (Å²) in [6, 6.07) is 10.4. The molecule has 2 aromatic carbocycles. The summed E-state index contributed by atoms with van der Waals surface area (Å²) in [5.74, 6) is 0.302. The Morgan fingerprint density at radius 2 is 1.84 bits per heavy atom. The third-order valence-corrected chi connectivity index (χ3v) is 4.53. The number of benzene rings is 2. The molecule has 2 N–H and O–H groups in total. The first-order valence-corrected chi connectivity index (χ1v) is 9.63. The number of methoxy groups -OCH3 is 1. The monoisotopic (exact) mass is 436 g/mol. The van der Waals surface area contributed by atoms with Gasteiger partial charge >= 0.3 is 6.18 Å². The molecule has 0 unspecified atom stereocenters. The number of H-pyrrole nitrogens is 1. The number of ether oxygens (including phenoxy) is 3. The van der Waals surface area contributed by atoms with Crippen molar-refractivity contribution in [1.82, 2.24) is 4.98 Å². The number of carbonyl (C=O) groups excluding carboxylic acids is 1. The van der Waals surface area contributed by atoms with Gasteiger partial charge in [0, 0.05) is 30.6 Å². The predicted octanol–water partition coefficient (Wildman–Crippen LogP) is 4.41. The average Bonchev–Trinajstić information content (AvgIpc) is 3.13. The lowest BCUT2D eigenvalue weighted by molar-refractivity contribution is -0.137. The summed E-state index contributed by atoms with van der Waals surface area (Å²) in [4.78, 5) is 15.1. The number of fused-ring (bicyclic) bond motifs is 1. The molecule has 9 heteroatoms. The summed E-state index contributed by atoms with van der Waals surface area (Å²) in [5.41, 5.74) is 1.50. The van der Waals surface area contributed by atoms with Crippen molar-refractivity contribution in [2.75, 3.05) is 38.9 Å². The number of rotatable bonds is 10. The molecular formula is C22H23F3N2O4. The maximum Gasteiger partial charge on any atom is 0.416 e. The fourth-order valence-corrected chi connectivity index (χ4v) is 2.93. The van der Waals surface area contributed by atoms with Crippen LogP contribution in [0.5, 0.6) is 5.75 Å². The Hall–Kier alpha value is -3.04. The largest absolute Gasteiger partial charge is 0.493 e. The molecule has 1 amide bonds. The van der Waals surface area contributed by atoms with Crippen molar-refractivity contribution in [2.45, 2.75) is 12.6 Å². The number of hydrogen-bond donors (Lipinski definition) is 2. The third kappa shape index (κ3) is 6.47. The Balaban J connectivity index is 1.55. The summed E-state index contributed by atoms with van der Waals surface area (Å²) in [5, 5.41) is 3.56. The number of aromatic nitrogens is 1. The summed E-state index contributed by atoms with van der Waals surface area (Å²) in [6.07, 6.45) is -2.19. The molecule has 0 aliphatic rings. The number of aromatic amines is 1. The van der Waals surface area contributed by atoms with Gasteiger partial charge in [-0.05, 0) is 35.9 Å². The van der Waals surface area contributed by atoms with Crippen molar-refractivity contribution >= 4 is 22.5 Å². The summed E-state index contributed by atoms with van der Waals surface area (Å²) < 4.78 is 53.7. The van der Waals surface area contributed by atoms with Gasteiger partial charge in [-0.2, -0.15) is 13.2 Å². The van der Waals surface area contributed by atoms with Gasteiger partial charge in [-0.25, -0.2) is 0 Å². The van der Waals surface area contributed by atoms with E-state index in [4.69, 9.17) is 14.2 Å². The van der Waals surface area contributed by atoms with Gasteiger partial charge in [0.1, 0.15) is 12.4 Å². The molecule has 0 aliphatic heterocycles. The Morgan fingerprint density at radius 3 is 2.55 bits per heavy atom. The van der Waals surface area contributed by atoms with Gasteiger partial charge in [0.05, 0.1) is 31.1 Å². The number of halogens is 3. The highest BCUT2D eigenvalue weighted by Crippen LogP contribution is 2.29. The van der Waals surface area contributed by atoms with E-state index < -0.39 is 11.7 Å². The number of nitrogens with one attached hydrogen (secondary N) is 2. The lowest BCUT2D eigenvalue weighted by Gasteiger charge is -2.09.